The van der Waals surface area contributed by atoms with E-state index in [0.717, 1.165) is 12.8 Å². The molecule has 0 aromatic heterocycles. The fraction of sp³-hybridized carbons (Fsp3) is 0.0769. The molecule has 1 spiro atoms. The Hall–Kier alpha value is -2.95. The van der Waals surface area contributed by atoms with Crippen LogP contribution in [-0.2, 0) is 12.8 Å². The van der Waals surface area contributed by atoms with Crippen molar-refractivity contribution in [3.63, 3.8) is 0 Å². The molecule has 0 bridgehead atoms. The molecule has 0 amide bonds. The molecule has 0 saturated heterocycles. The Morgan fingerprint density at radius 1 is 0.630 bits per heavy atom. The average Bonchev–Trinajstić information content (AvgIpc) is 2.73. The number of hydrogen-bond donors (Lipinski definition) is 0. The van der Waals surface area contributed by atoms with Crippen molar-refractivity contribution in [1.29, 1.82) is 0 Å². The maximum atomic E-state index is 3.46. The Kier molecular flexibility index (Phi) is 3.10. The van der Waals surface area contributed by atoms with Gasteiger partial charge in [-0.3, -0.25) is 0 Å². The lowest BCUT2D eigenvalue weighted by Gasteiger charge is -2.51. The summed E-state index contributed by atoms with van der Waals surface area (Å²) in [6.07, 6.45) is 6.31. The second-order valence-electron chi connectivity index (χ2n) is 7.23. The Morgan fingerprint density at radius 3 is 1.74 bits per heavy atom. The summed E-state index contributed by atoms with van der Waals surface area (Å²) >= 11 is 0. The molecule has 1 aliphatic carbocycles. The minimum absolute atomic E-state index is 0.946. The second kappa shape index (κ2) is 5.52. The lowest BCUT2D eigenvalue weighted by molar-refractivity contribution is 1.00. The third kappa shape index (κ3) is 1.91. The summed E-state index contributed by atoms with van der Waals surface area (Å²) in [4.78, 5) is 5.93. The van der Waals surface area contributed by atoms with Crippen LogP contribution in [-0.4, -0.2) is 0 Å². The number of allylic oxidation sites excluding steroid dienone is 3. The first-order valence-electron chi connectivity index (χ1n) is 9.37. The molecule has 3 aliphatic rings. The normalized spacial score (nSPS) is 18.5. The molecule has 2 aliphatic heterocycles. The topological polar surface area (TPSA) is 0 Å². The fourth-order valence-corrected chi connectivity index (χ4v) is 9.41. The highest BCUT2D eigenvalue weighted by atomic mass is 32.3. The van der Waals surface area contributed by atoms with Crippen LogP contribution in [0.25, 0.3) is 0 Å². The van der Waals surface area contributed by atoms with E-state index in [0.29, 0.717) is 0 Å². The van der Waals surface area contributed by atoms with E-state index in [1.165, 1.54) is 41.9 Å². The minimum atomic E-state index is -1.49. The molecule has 27 heavy (non-hydrogen) atoms. The van der Waals surface area contributed by atoms with Gasteiger partial charge >= 0.3 is 0 Å². The standard InChI is InChI=1S/C26H18S/c1-5-13-23-19(9-1)17-20-10-2-6-14-24(20)27(23)25-15-7-3-11-21(25)18-22-12-4-8-16-26(22)27/h1-3,5-11,13-16H,17-18H2. The summed E-state index contributed by atoms with van der Waals surface area (Å²) in [6, 6.07) is 27.2. The van der Waals surface area contributed by atoms with Crippen LogP contribution in [0.15, 0.2) is 122 Å². The molecule has 0 unspecified atom stereocenters. The third-order valence-electron chi connectivity index (χ3n) is 5.82. The smallest absolute Gasteiger partial charge is 0.0199 e. The maximum absolute atomic E-state index is 3.46. The first-order chi connectivity index (χ1) is 13.4. The van der Waals surface area contributed by atoms with Gasteiger partial charge in [0, 0.05) is 31.6 Å². The summed E-state index contributed by atoms with van der Waals surface area (Å²) in [5, 5.41) is 0. The SMILES string of the molecule is C1=C=C2Cc3ccccc3S3(C2=CC=1)c1ccccc1Cc1ccccc13. The Morgan fingerprint density at radius 2 is 1.15 bits per heavy atom. The van der Waals surface area contributed by atoms with Crippen LogP contribution in [0.2, 0.25) is 0 Å². The lowest BCUT2D eigenvalue weighted by atomic mass is 10.0. The van der Waals surface area contributed by atoms with Crippen LogP contribution >= 0.6 is 10.0 Å². The molecule has 0 atom stereocenters. The van der Waals surface area contributed by atoms with E-state index in [-0.39, 0.29) is 0 Å². The van der Waals surface area contributed by atoms with E-state index < -0.39 is 10.0 Å². The number of benzene rings is 3. The van der Waals surface area contributed by atoms with Gasteiger partial charge in [0.15, 0.2) is 0 Å². The molecule has 0 saturated carbocycles. The molecule has 1 heteroatoms. The molecular formula is C26H18S. The highest BCUT2D eigenvalue weighted by Crippen LogP contribution is 2.79. The number of hydrogen-bond acceptors (Lipinski definition) is 0. The summed E-state index contributed by atoms with van der Waals surface area (Å²) < 4.78 is 0. The molecule has 3 aromatic rings. The second-order valence-corrected chi connectivity index (χ2v) is 10.2. The van der Waals surface area contributed by atoms with Crippen molar-refractivity contribution in [3.05, 3.63) is 124 Å². The molecule has 0 N–H and O–H groups in total. The summed E-state index contributed by atoms with van der Waals surface area (Å²) in [7, 11) is -1.49. The van der Waals surface area contributed by atoms with Crippen LogP contribution < -0.4 is 0 Å². The summed E-state index contributed by atoms with van der Waals surface area (Å²) in [5.74, 6) is 0. The van der Waals surface area contributed by atoms with E-state index in [4.69, 9.17) is 0 Å². The van der Waals surface area contributed by atoms with Gasteiger partial charge in [-0.1, -0.05) is 66.1 Å². The first kappa shape index (κ1) is 15.1. The maximum Gasteiger partial charge on any atom is 0.0199 e. The van der Waals surface area contributed by atoms with E-state index in [9.17, 15) is 0 Å². The third-order valence-corrected chi connectivity index (χ3v) is 10.0. The Labute approximate surface area is 161 Å². The van der Waals surface area contributed by atoms with E-state index in [2.05, 4.69) is 90.3 Å². The summed E-state index contributed by atoms with van der Waals surface area (Å²) in [6.45, 7) is 0. The molecule has 0 fully saturated rings. The zero-order chi connectivity index (χ0) is 17.8. The van der Waals surface area contributed by atoms with Crippen LogP contribution in [0.1, 0.15) is 16.7 Å². The van der Waals surface area contributed by atoms with Gasteiger partial charge in [-0.05, 0) is 53.5 Å². The van der Waals surface area contributed by atoms with Crippen molar-refractivity contribution in [2.24, 2.45) is 0 Å². The average molecular weight is 362 g/mol. The van der Waals surface area contributed by atoms with Crippen molar-refractivity contribution in [1.82, 2.24) is 0 Å². The van der Waals surface area contributed by atoms with E-state index >= 15 is 0 Å². The molecule has 6 rings (SSSR count). The van der Waals surface area contributed by atoms with Gasteiger partial charge in [-0.25, -0.2) is 0 Å². The number of rotatable bonds is 0. The van der Waals surface area contributed by atoms with Gasteiger partial charge in [0.1, 0.15) is 0 Å². The van der Waals surface area contributed by atoms with Gasteiger partial charge in [0.05, 0.1) is 0 Å². The monoisotopic (exact) mass is 362 g/mol. The van der Waals surface area contributed by atoms with E-state index in [1.807, 2.05) is 6.08 Å². The van der Waals surface area contributed by atoms with Gasteiger partial charge in [-0.2, -0.15) is 0 Å². The number of fused-ring (bicyclic) bond motifs is 8. The van der Waals surface area contributed by atoms with Crippen LogP contribution in [0.5, 0.6) is 0 Å². The molecule has 2 heterocycles. The lowest BCUT2D eigenvalue weighted by Crippen LogP contribution is -2.21. The van der Waals surface area contributed by atoms with Crippen molar-refractivity contribution in [2.75, 3.05) is 0 Å². The Bertz CT molecular complexity index is 1200. The zero-order valence-electron chi connectivity index (χ0n) is 14.9. The predicted molar refractivity (Wildman–Crippen MR) is 111 cm³/mol. The highest BCUT2D eigenvalue weighted by molar-refractivity contribution is 8.37. The van der Waals surface area contributed by atoms with Crippen LogP contribution in [0.3, 0.4) is 0 Å². The molecule has 0 nitrogen and oxygen atoms in total. The molecule has 3 aromatic carbocycles. The van der Waals surface area contributed by atoms with Gasteiger partial charge in [0.25, 0.3) is 0 Å². The quantitative estimate of drug-likeness (QED) is 0.397. The van der Waals surface area contributed by atoms with Crippen LogP contribution in [0.4, 0.5) is 0 Å². The highest BCUT2D eigenvalue weighted by Gasteiger charge is 2.45. The van der Waals surface area contributed by atoms with Gasteiger partial charge < -0.3 is 0 Å². The van der Waals surface area contributed by atoms with Gasteiger partial charge in [-0.15, -0.1) is 10.0 Å². The van der Waals surface area contributed by atoms with Crippen molar-refractivity contribution in [2.45, 2.75) is 27.5 Å². The van der Waals surface area contributed by atoms with Gasteiger partial charge in [0.2, 0.25) is 0 Å². The molecule has 0 radical (unpaired) electrons. The zero-order valence-corrected chi connectivity index (χ0v) is 15.7. The predicted octanol–water partition coefficient (Wildman–Crippen LogP) is 6.56. The van der Waals surface area contributed by atoms with Crippen LogP contribution in [0, 0.1) is 0 Å². The van der Waals surface area contributed by atoms with E-state index in [1.54, 1.807) is 0 Å². The Balaban J connectivity index is 1.85. The summed E-state index contributed by atoms with van der Waals surface area (Å²) in [5.41, 5.74) is 12.3. The first-order valence-corrected chi connectivity index (χ1v) is 11.0. The minimum Gasteiger partial charge on any atom is -0.131 e. The molecule has 128 valence electrons. The largest absolute Gasteiger partial charge is 0.131 e. The molecular weight excluding hydrogens is 344 g/mol. The fourth-order valence-electron chi connectivity index (χ4n) is 4.78. The van der Waals surface area contributed by atoms with Crippen molar-refractivity contribution in [3.8, 4) is 0 Å². The van der Waals surface area contributed by atoms with Crippen molar-refractivity contribution >= 4 is 10.0 Å². The van der Waals surface area contributed by atoms with Crippen molar-refractivity contribution < 1.29 is 0 Å².